The van der Waals surface area contributed by atoms with E-state index in [2.05, 4.69) is 0 Å². The summed E-state index contributed by atoms with van der Waals surface area (Å²) in [5.41, 5.74) is -0.305. The number of carboxylic acids is 3. The maximum Gasteiger partial charge on any atom is 0.335 e. The van der Waals surface area contributed by atoms with Crippen molar-refractivity contribution in [3.8, 4) is 0 Å². The van der Waals surface area contributed by atoms with E-state index in [1.807, 2.05) is 0 Å². The van der Waals surface area contributed by atoms with E-state index < -0.39 is 23.8 Å². The zero-order valence-corrected chi connectivity index (χ0v) is 8.43. The third kappa shape index (κ3) is 2.10. The van der Waals surface area contributed by atoms with Crippen LogP contribution in [0.4, 0.5) is 0 Å². The molecule has 0 heterocycles. The van der Waals surface area contributed by atoms with Crippen molar-refractivity contribution in [1.29, 1.82) is 0 Å². The molecule has 0 radical (unpaired) electrons. The van der Waals surface area contributed by atoms with Gasteiger partial charge in [-0.15, -0.1) is 0 Å². The second kappa shape index (κ2) is 4.18. The van der Waals surface area contributed by atoms with Crippen molar-refractivity contribution in [1.82, 2.24) is 0 Å². The van der Waals surface area contributed by atoms with Gasteiger partial charge in [-0.25, -0.2) is 9.59 Å². The quantitative estimate of drug-likeness (QED) is 0.646. The second-order valence-corrected chi connectivity index (χ2v) is 3.44. The lowest BCUT2D eigenvalue weighted by Crippen LogP contribution is -2.22. The van der Waals surface area contributed by atoms with Gasteiger partial charge in [0, 0.05) is 5.57 Å². The summed E-state index contributed by atoms with van der Waals surface area (Å²) in [5.74, 6) is -4.93. The molecule has 0 bridgehead atoms. The fraction of sp³-hybridized carbons (Fsp3) is 0.300. The van der Waals surface area contributed by atoms with E-state index in [0.717, 1.165) is 6.08 Å². The number of hydrogen-bond acceptors (Lipinski definition) is 3. The van der Waals surface area contributed by atoms with Crippen LogP contribution < -0.4 is 0 Å². The molecule has 0 aliphatic heterocycles. The first-order chi connectivity index (χ1) is 7.34. The first kappa shape index (κ1) is 12.0. The van der Waals surface area contributed by atoms with Crippen LogP contribution in [0.15, 0.2) is 22.8 Å². The summed E-state index contributed by atoms with van der Waals surface area (Å²) in [6.07, 6.45) is 0.889. The lowest BCUT2D eigenvalue weighted by Gasteiger charge is -2.18. The summed E-state index contributed by atoms with van der Waals surface area (Å²) in [7, 11) is 0. The van der Waals surface area contributed by atoms with Gasteiger partial charge >= 0.3 is 17.9 Å². The van der Waals surface area contributed by atoms with E-state index in [1.54, 1.807) is 0 Å². The van der Waals surface area contributed by atoms with Crippen LogP contribution in [0.1, 0.15) is 13.3 Å². The molecule has 1 aliphatic carbocycles. The van der Waals surface area contributed by atoms with E-state index in [4.69, 9.17) is 15.3 Å². The summed E-state index contributed by atoms with van der Waals surface area (Å²) < 4.78 is 0. The zero-order valence-electron chi connectivity index (χ0n) is 8.43. The van der Waals surface area contributed by atoms with Crippen molar-refractivity contribution in [3.63, 3.8) is 0 Å². The molecule has 6 heteroatoms. The topological polar surface area (TPSA) is 112 Å². The van der Waals surface area contributed by atoms with Crippen LogP contribution in [0.2, 0.25) is 0 Å². The van der Waals surface area contributed by atoms with Crippen LogP contribution in [0.25, 0.3) is 0 Å². The lowest BCUT2D eigenvalue weighted by molar-refractivity contribution is -0.140. The average Bonchev–Trinajstić information content (AvgIpc) is 2.16. The first-order valence-electron chi connectivity index (χ1n) is 4.46. The van der Waals surface area contributed by atoms with Gasteiger partial charge in [0.1, 0.15) is 0 Å². The molecule has 0 saturated carbocycles. The van der Waals surface area contributed by atoms with Gasteiger partial charge in [-0.3, -0.25) is 4.79 Å². The Hall–Kier alpha value is -2.11. The molecule has 0 fully saturated rings. The molecule has 1 rings (SSSR count). The minimum atomic E-state index is -1.32. The van der Waals surface area contributed by atoms with Crippen molar-refractivity contribution in [2.45, 2.75) is 13.3 Å². The van der Waals surface area contributed by atoms with Gasteiger partial charge < -0.3 is 15.3 Å². The summed E-state index contributed by atoms with van der Waals surface area (Å²) in [5, 5.41) is 26.4. The molecule has 6 nitrogen and oxygen atoms in total. The minimum Gasteiger partial charge on any atom is -0.481 e. The van der Waals surface area contributed by atoms with Gasteiger partial charge in [-0.05, 0) is 18.9 Å². The van der Waals surface area contributed by atoms with Gasteiger partial charge in [-0.2, -0.15) is 0 Å². The molecule has 0 aromatic rings. The molecule has 16 heavy (non-hydrogen) atoms. The molecule has 0 aromatic carbocycles. The van der Waals surface area contributed by atoms with E-state index >= 15 is 0 Å². The van der Waals surface area contributed by atoms with Gasteiger partial charge in [-0.1, -0.05) is 6.08 Å². The standard InChI is InChI=1S/C10H10O6/c1-4-6(9(13)14)2-5(8(11)12)3-7(4)10(15)16/h2,5H,3H2,1H3,(H,11,12)(H,13,14)(H,15,16). The Balaban J connectivity index is 3.25. The Labute approximate surface area is 90.5 Å². The number of carbonyl (C=O) groups is 3. The van der Waals surface area contributed by atoms with E-state index in [9.17, 15) is 14.4 Å². The highest BCUT2D eigenvalue weighted by Gasteiger charge is 2.30. The van der Waals surface area contributed by atoms with Crippen LogP contribution in [0.3, 0.4) is 0 Å². The SMILES string of the molecule is CC1=C(C(=O)O)CC(C(=O)O)C=C1C(=O)O. The summed E-state index contributed by atoms with van der Waals surface area (Å²) in [4.78, 5) is 32.4. The molecule has 86 valence electrons. The maximum absolute atomic E-state index is 10.8. The Bertz CT molecular complexity index is 429. The number of aliphatic carboxylic acids is 3. The Kier molecular flexibility index (Phi) is 3.12. The fourth-order valence-corrected chi connectivity index (χ4v) is 1.56. The molecule has 0 amide bonds. The monoisotopic (exact) mass is 226 g/mol. The minimum absolute atomic E-state index is 0.109. The molecular formula is C10H10O6. The van der Waals surface area contributed by atoms with E-state index in [-0.39, 0.29) is 23.1 Å². The summed E-state index contributed by atoms with van der Waals surface area (Å²) in [6, 6.07) is 0. The highest BCUT2D eigenvalue weighted by Crippen LogP contribution is 2.29. The predicted molar refractivity (Wildman–Crippen MR) is 51.8 cm³/mol. The van der Waals surface area contributed by atoms with E-state index in [0.29, 0.717) is 0 Å². The van der Waals surface area contributed by atoms with Gasteiger partial charge in [0.2, 0.25) is 0 Å². The Morgan fingerprint density at radius 1 is 1.19 bits per heavy atom. The normalized spacial score (nSPS) is 20.3. The molecule has 1 unspecified atom stereocenters. The molecule has 0 saturated heterocycles. The highest BCUT2D eigenvalue weighted by atomic mass is 16.4. The largest absolute Gasteiger partial charge is 0.481 e. The highest BCUT2D eigenvalue weighted by molar-refractivity contribution is 5.99. The summed E-state index contributed by atoms with van der Waals surface area (Å²) >= 11 is 0. The third-order valence-corrected chi connectivity index (χ3v) is 2.45. The van der Waals surface area contributed by atoms with Crippen LogP contribution >= 0.6 is 0 Å². The van der Waals surface area contributed by atoms with Crippen LogP contribution in [0.5, 0.6) is 0 Å². The second-order valence-electron chi connectivity index (χ2n) is 3.44. The van der Waals surface area contributed by atoms with Gasteiger partial charge in [0.05, 0.1) is 11.5 Å². The van der Waals surface area contributed by atoms with Crippen molar-refractivity contribution in [2.75, 3.05) is 0 Å². The average molecular weight is 226 g/mol. The van der Waals surface area contributed by atoms with Gasteiger partial charge in [0.25, 0.3) is 0 Å². The smallest absolute Gasteiger partial charge is 0.335 e. The fourth-order valence-electron chi connectivity index (χ4n) is 1.56. The summed E-state index contributed by atoms with van der Waals surface area (Å²) in [6.45, 7) is 1.36. The van der Waals surface area contributed by atoms with Crippen molar-refractivity contribution < 1.29 is 29.7 Å². The molecule has 1 aliphatic rings. The third-order valence-electron chi connectivity index (χ3n) is 2.45. The Morgan fingerprint density at radius 2 is 1.75 bits per heavy atom. The predicted octanol–water partition coefficient (Wildman–Crippen LogP) is 0.503. The molecular weight excluding hydrogens is 216 g/mol. The van der Waals surface area contributed by atoms with Crippen molar-refractivity contribution in [2.24, 2.45) is 5.92 Å². The molecule has 1 atom stereocenters. The lowest BCUT2D eigenvalue weighted by atomic mass is 9.85. The number of rotatable bonds is 3. The molecule has 0 spiro atoms. The first-order valence-corrected chi connectivity index (χ1v) is 4.46. The van der Waals surface area contributed by atoms with E-state index in [1.165, 1.54) is 6.92 Å². The Morgan fingerprint density at radius 3 is 2.12 bits per heavy atom. The molecule has 0 aromatic heterocycles. The maximum atomic E-state index is 10.8. The molecule has 3 N–H and O–H groups in total. The van der Waals surface area contributed by atoms with Gasteiger partial charge in [0.15, 0.2) is 0 Å². The van der Waals surface area contributed by atoms with Crippen molar-refractivity contribution >= 4 is 17.9 Å². The number of hydrogen-bond donors (Lipinski definition) is 3. The number of carboxylic acid groups (broad SMARTS) is 3. The van der Waals surface area contributed by atoms with Crippen LogP contribution in [0, 0.1) is 5.92 Å². The van der Waals surface area contributed by atoms with Crippen LogP contribution in [-0.4, -0.2) is 33.2 Å². The zero-order chi connectivity index (χ0) is 12.5. The van der Waals surface area contributed by atoms with Crippen molar-refractivity contribution in [3.05, 3.63) is 22.8 Å². The van der Waals surface area contributed by atoms with Crippen LogP contribution in [-0.2, 0) is 14.4 Å².